The van der Waals surface area contributed by atoms with Crippen LogP contribution in [-0.4, -0.2) is 24.5 Å². The summed E-state index contributed by atoms with van der Waals surface area (Å²) in [5.74, 6) is -0.659. The average Bonchev–Trinajstić information content (AvgIpc) is 2.96. The first-order chi connectivity index (χ1) is 11.2. The number of nitrogens with zero attached hydrogens (tertiary/aromatic N) is 2. The molecule has 0 aromatic carbocycles. The number of amides is 1. The SMILES string of the molecule is N#C[C@H]1CCCC[C@H]1OC(=O)CN1C(=O)CCCc2sccc21. The lowest BCUT2D eigenvalue weighted by molar-refractivity contribution is -0.151. The summed E-state index contributed by atoms with van der Waals surface area (Å²) < 4.78 is 5.53. The van der Waals surface area contributed by atoms with E-state index in [1.165, 1.54) is 0 Å². The van der Waals surface area contributed by atoms with Gasteiger partial charge in [-0.25, -0.2) is 0 Å². The molecule has 2 atom stereocenters. The molecule has 5 nitrogen and oxygen atoms in total. The quantitative estimate of drug-likeness (QED) is 0.798. The Hall–Kier alpha value is -1.87. The number of thiophene rings is 1. The van der Waals surface area contributed by atoms with E-state index in [1.54, 1.807) is 16.2 Å². The van der Waals surface area contributed by atoms with Crippen LogP contribution in [0.2, 0.25) is 0 Å². The summed E-state index contributed by atoms with van der Waals surface area (Å²) in [4.78, 5) is 27.3. The molecule has 6 heteroatoms. The second-order valence-electron chi connectivity index (χ2n) is 6.11. The Balaban J connectivity index is 1.67. The van der Waals surface area contributed by atoms with Crippen LogP contribution >= 0.6 is 11.3 Å². The molecule has 0 radical (unpaired) electrons. The van der Waals surface area contributed by atoms with Gasteiger partial charge in [0.25, 0.3) is 0 Å². The number of anilines is 1. The fourth-order valence-electron chi connectivity index (χ4n) is 3.33. The summed E-state index contributed by atoms with van der Waals surface area (Å²) in [6, 6.07) is 4.14. The maximum atomic E-state index is 12.3. The van der Waals surface area contributed by atoms with Crippen LogP contribution in [0, 0.1) is 17.2 Å². The first kappa shape index (κ1) is 16.0. The van der Waals surface area contributed by atoms with Gasteiger partial charge >= 0.3 is 5.97 Å². The number of carbonyl (C=O) groups is 2. The van der Waals surface area contributed by atoms with E-state index in [9.17, 15) is 14.9 Å². The molecule has 1 amide bonds. The van der Waals surface area contributed by atoms with Crippen molar-refractivity contribution < 1.29 is 14.3 Å². The fourth-order valence-corrected chi connectivity index (χ4v) is 4.25. The first-order valence-corrected chi connectivity index (χ1v) is 9.03. The van der Waals surface area contributed by atoms with Gasteiger partial charge in [-0.3, -0.25) is 9.59 Å². The van der Waals surface area contributed by atoms with Crippen molar-refractivity contribution in [2.24, 2.45) is 5.92 Å². The molecule has 1 aliphatic carbocycles. The first-order valence-electron chi connectivity index (χ1n) is 8.15. The number of nitriles is 1. The lowest BCUT2D eigenvalue weighted by Crippen LogP contribution is -2.38. The molecule has 1 aromatic heterocycles. The second-order valence-corrected chi connectivity index (χ2v) is 7.11. The highest BCUT2D eigenvalue weighted by molar-refractivity contribution is 7.10. The number of rotatable bonds is 3. The zero-order valence-electron chi connectivity index (χ0n) is 13.0. The molecule has 1 aliphatic heterocycles. The molecule has 0 bridgehead atoms. The summed E-state index contributed by atoms with van der Waals surface area (Å²) in [5, 5.41) is 11.1. The van der Waals surface area contributed by atoms with Crippen molar-refractivity contribution in [2.45, 2.75) is 51.0 Å². The molecule has 0 unspecified atom stereocenters. The van der Waals surface area contributed by atoms with Crippen LogP contribution in [0.3, 0.4) is 0 Å². The Morgan fingerprint density at radius 1 is 1.35 bits per heavy atom. The van der Waals surface area contributed by atoms with Gasteiger partial charge in [0.2, 0.25) is 5.91 Å². The lowest BCUT2D eigenvalue weighted by Gasteiger charge is -2.28. The van der Waals surface area contributed by atoms with Gasteiger partial charge in [0, 0.05) is 11.3 Å². The van der Waals surface area contributed by atoms with E-state index < -0.39 is 5.97 Å². The van der Waals surface area contributed by atoms with Crippen LogP contribution in [0.1, 0.15) is 43.4 Å². The molecule has 0 saturated heterocycles. The average molecular weight is 332 g/mol. The van der Waals surface area contributed by atoms with Gasteiger partial charge in [0.1, 0.15) is 12.6 Å². The number of ether oxygens (including phenoxy) is 1. The van der Waals surface area contributed by atoms with Gasteiger partial charge in [0.05, 0.1) is 17.7 Å². The monoisotopic (exact) mass is 332 g/mol. The van der Waals surface area contributed by atoms with Crippen molar-refractivity contribution in [3.63, 3.8) is 0 Å². The molecule has 0 spiro atoms. The minimum atomic E-state index is -0.412. The van der Waals surface area contributed by atoms with Gasteiger partial charge in [-0.1, -0.05) is 6.42 Å². The molecular formula is C17H20N2O3S. The minimum absolute atomic E-state index is 0.0282. The third-order valence-electron chi connectivity index (χ3n) is 4.55. The smallest absolute Gasteiger partial charge is 0.326 e. The standard InChI is InChI=1S/C17H20N2O3S/c18-10-12-4-1-2-5-14(12)22-17(21)11-19-13-8-9-23-15(13)6-3-7-16(19)20/h8-9,12,14H,1-7,11H2/t12-,14-/m1/s1. The van der Waals surface area contributed by atoms with Gasteiger partial charge in [0.15, 0.2) is 0 Å². The van der Waals surface area contributed by atoms with Crippen LogP contribution in [0.5, 0.6) is 0 Å². The normalized spacial score (nSPS) is 24.5. The molecule has 1 aromatic rings. The molecule has 122 valence electrons. The minimum Gasteiger partial charge on any atom is -0.460 e. The van der Waals surface area contributed by atoms with Crippen molar-refractivity contribution in [3.8, 4) is 6.07 Å². The van der Waals surface area contributed by atoms with Crippen molar-refractivity contribution >= 4 is 28.9 Å². The summed E-state index contributed by atoms with van der Waals surface area (Å²) in [6.07, 6.45) is 5.33. The van der Waals surface area contributed by atoms with Crippen molar-refractivity contribution in [1.29, 1.82) is 5.26 Å². The molecule has 2 aliphatic rings. The molecule has 1 saturated carbocycles. The van der Waals surface area contributed by atoms with Gasteiger partial charge in [-0.05, 0) is 43.6 Å². The van der Waals surface area contributed by atoms with Gasteiger partial charge in [-0.15, -0.1) is 11.3 Å². The van der Waals surface area contributed by atoms with Crippen molar-refractivity contribution in [1.82, 2.24) is 0 Å². The number of hydrogen-bond donors (Lipinski definition) is 0. The summed E-state index contributed by atoms with van der Waals surface area (Å²) in [7, 11) is 0. The van der Waals surface area contributed by atoms with Gasteiger partial charge in [-0.2, -0.15) is 5.26 Å². The Labute approximate surface area is 139 Å². The Kier molecular flexibility index (Phi) is 4.97. The molecular weight excluding hydrogens is 312 g/mol. The van der Waals surface area contributed by atoms with Crippen LogP contribution < -0.4 is 4.90 Å². The largest absolute Gasteiger partial charge is 0.460 e. The number of aryl methyl sites for hydroxylation is 1. The predicted octanol–water partition coefficient (Wildman–Crippen LogP) is 3.04. The molecule has 2 heterocycles. The highest BCUT2D eigenvalue weighted by Crippen LogP contribution is 2.32. The number of fused-ring (bicyclic) bond motifs is 1. The van der Waals surface area contributed by atoms with E-state index in [4.69, 9.17) is 4.74 Å². The predicted molar refractivity (Wildman–Crippen MR) is 87.1 cm³/mol. The summed E-state index contributed by atoms with van der Waals surface area (Å²) in [5.41, 5.74) is 0.843. The second kappa shape index (κ2) is 7.14. The molecule has 3 rings (SSSR count). The zero-order valence-corrected chi connectivity index (χ0v) is 13.8. The highest BCUT2D eigenvalue weighted by atomic mass is 32.1. The van der Waals surface area contributed by atoms with Crippen LogP contribution in [0.25, 0.3) is 0 Å². The number of hydrogen-bond acceptors (Lipinski definition) is 5. The Morgan fingerprint density at radius 2 is 2.17 bits per heavy atom. The van der Waals surface area contributed by atoms with E-state index in [1.807, 2.05) is 11.4 Å². The topological polar surface area (TPSA) is 70.4 Å². The molecule has 23 heavy (non-hydrogen) atoms. The number of esters is 1. The Morgan fingerprint density at radius 3 is 3.00 bits per heavy atom. The maximum absolute atomic E-state index is 12.3. The van der Waals surface area contributed by atoms with Crippen LogP contribution in [0.4, 0.5) is 5.69 Å². The lowest BCUT2D eigenvalue weighted by atomic mass is 9.87. The third kappa shape index (κ3) is 3.56. The number of carbonyl (C=O) groups excluding carboxylic acids is 2. The highest BCUT2D eigenvalue weighted by Gasteiger charge is 2.30. The van der Waals surface area contributed by atoms with E-state index in [0.717, 1.165) is 49.1 Å². The van der Waals surface area contributed by atoms with E-state index in [2.05, 4.69) is 6.07 Å². The van der Waals surface area contributed by atoms with Crippen molar-refractivity contribution in [2.75, 3.05) is 11.4 Å². The third-order valence-corrected chi connectivity index (χ3v) is 5.52. The zero-order chi connectivity index (χ0) is 16.2. The van der Waals surface area contributed by atoms with Crippen molar-refractivity contribution in [3.05, 3.63) is 16.3 Å². The van der Waals surface area contributed by atoms with Crippen LogP contribution in [-0.2, 0) is 20.7 Å². The Bertz CT molecular complexity index is 634. The van der Waals surface area contributed by atoms with E-state index in [0.29, 0.717) is 6.42 Å². The van der Waals surface area contributed by atoms with E-state index >= 15 is 0 Å². The fraction of sp³-hybridized carbons (Fsp3) is 0.588. The van der Waals surface area contributed by atoms with Crippen LogP contribution in [0.15, 0.2) is 11.4 Å². The summed E-state index contributed by atoms with van der Waals surface area (Å²) in [6.45, 7) is -0.0583. The maximum Gasteiger partial charge on any atom is 0.326 e. The van der Waals surface area contributed by atoms with E-state index in [-0.39, 0.29) is 24.5 Å². The summed E-state index contributed by atoms with van der Waals surface area (Å²) >= 11 is 1.62. The van der Waals surface area contributed by atoms with Gasteiger partial charge < -0.3 is 9.64 Å². The molecule has 0 N–H and O–H groups in total. The molecule has 1 fully saturated rings.